The summed E-state index contributed by atoms with van der Waals surface area (Å²) < 4.78 is 5.41. The second-order valence-electron chi connectivity index (χ2n) is 4.31. The van der Waals surface area contributed by atoms with Gasteiger partial charge in [-0.3, -0.25) is 4.79 Å². The van der Waals surface area contributed by atoms with Crippen LogP contribution >= 0.6 is 0 Å². The molecule has 0 spiro atoms. The standard InChI is InChI=1S/C13H18N2O3/c1-2-18-11-4-3-7-14-12(11)13(17)15-8-5-10(16)6-9-15/h3-4,7,10,16H,2,5-6,8-9H2,1H3. The van der Waals surface area contributed by atoms with Gasteiger partial charge in [0.2, 0.25) is 0 Å². The number of nitrogens with zero attached hydrogens (tertiary/aromatic N) is 2. The number of hydrogen-bond donors (Lipinski definition) is 1. The Labute approximate surface area is 106 Å². The molecule has 98 valence electrons. The third kappa shape index (κ3) is 2.79. The fourth-order valence-corrected chi connectivity index (χ4v) is 2.04. The van der Waals surface area contributed by atoms with Gasteiger partial charge >= 0.3 is 0 Å². The molecule has 0 radical (unpaired) electrons. The van der Waals surface area contributed by atoms with Crippen molar-refractivity contribution in [3.8, 4) is 5.75 Å². The molecule has 2 rings (SSSR count). The first-order valence-electron chi connectivity index (χ1n) is 6.27. The van der Waals surface area contributed by atoms with Gasteiger partial charge < -0.3 is 14.7 Å². The van der Waals surface area contributed by atoms with Gasteiger partial charge in [-0.2, -0.15) is 0 Å². The molecular formula is C13H18N2O3. The average molecular weight is 250 g/mol. The van der Waals surface area contributed by atoms with E-state index in [0.29, 0.717) is 44.0 Å². The van der Waals surface area contributed by atoms with Crippen molar-refractivity contribution >= 4 is 5.91 Å². The lowest BCUT2D eigenvalue weighted by molar-refractivity contribution is 0.0538. The number of ether oxygens (including phenoxy) is 1. The Morgan fingerprint density at radius 1 is 1.56 bits per heavy atom. The summed E-state index contributed by atoms with van der Waals surface area (Å²) in [7, 11) is 0. The summed E-state index contributed by atoms with van der Waals surface area (Å²) in [6, 6.07) is 3.50. The Morgan fingerprint density at radius 2 is 2.28 bits per heavy atom. The van der Waals surface area contributed by atoms with Crippen molar-refractivity contribution < 1.29 is 14.6 Å². The molecule has 1 saturated heterocycles. The lowest BCUT2D eigenvalue weighted by atomic mass is 10.1. The lowest BCUT2D eigenvalue weighted by Gasteiger charge is -2.29. The number of aliphatic hydroxyl groups excluding tert-OH is 1. The highest BCUT2D eigenvalue weighted by Crippen LogP contribution is 2.19. The van der Waals surface area contributed by atoms with E-state index in [1.54, 1.807) is 23.2 Å². The highest BCUT2D eigenvalue weighted by Gasteiger charge is 2.25. The number of aliphatic hydroxyl groups is 1. The molecule has 1 aromatic rings. The highest BCUT2D eigenvalue weighted by atomic mass is 16.5. The zero-order chi connectivity index (χ0) is 13.0. The number of rotatable bonds is 3. The Balaban J connectivity index is 2.13. The molecule has 5 nitrogen and oxygen atoms in total. The molecule has 18 heavy (non-hydrogen) atoms. The predicted octanol–water partition coefficient (Wildman–Crippen LogP) is 1.08. The van der Waals surface area contributed by atoms with Crippen LogP contribution in [0.4, 0.5) is 0 Å². The maximum Gasteiger partial charge on any atom is 0.276 e. The van der Waals surface area contributed by atoms with Crippen LogP contribution < -0.4 is 4.74 Å². The van der Waals surface area contributed by atoms with Gasteiger partial charge in [0, 0.05) is 19.3 Å². The number of pyridine rings is 1. The Hall–Kier alpha value is -1.62. The van der Waals surface area contributed by atoms with Crippen LogP contribution in [0.1, 0.15) is 30.3 Å². The Bertz CT molecular complexity index is 414. The van der Waals surface area contributed by atoms with Crippen LogP contribution in [0, 0.1) is 0 Å². The maximum absolute atomic E-state index is 12.3. The first kappa shape index (κ1) is 12.8. The number of carbonyl (C=O) groups is 1. The number of hydrogen-bond acceptors (Lipinski definition) is 4. The van der Waals surface area contributed by atoms with Crippen LogP contribution in [0.15, 0.2) is 18.3 Å². The van der Waals surface area contributed by atoms with Crippen molar-refractivity contribution in [2.24, 2.45) is 0 Å². The normalized spacial score (nSPS) is 16.7. The van der Waals surface area contributed by atoms with Crippen LogP contribution in [0.2, 0.25) is 0 Å². The van der Waals surface area contributed by atoms with Crippen molar-refractivity contribution in [2.45, 2.75) is 25.9 Å². The summed E-state index contributed by atoms with van der Waals surface area (Å²) in [5.41, 5.74) is 0.357. The molecular weight excluding hydrogens is 232 g/mol. The second-order valence-corrected chi connectivity index (χ2v) is 4.31. The van der Waals surface area contributed by atoms with Crippen molar-refractivity contribution in [3.63, 3.8) is 0 Å². The molecule has 2 heterocycles. The highest BCUT2D eigenvalue weighted by molar-refractivity contribution is 5.95. The monoisotopic (exact) mass is 250 g/mol. The zero-order valence-electron chi connectivity index (χ0n) is 10.5. The third-order valence-electron chi connectivity index (χ3n) is 3.02. The van der Waals surface area contributed by atoms with Crippen molar-refractivity contribution in [3.05, 3.63) is 24.0 Å². The topological polar surface area (TPSA) is 62.7 Å². The van der Waals surface area contributed by atoms with Gasteiger partial charge in [0.15, 0.2) is 11.4 Å². The van der Waals surface area contributed by atoms with Gasteiger partial charge in [0.25, 0.3) is 5.91 Å². The quantitative estimate of drug-likeness (QED) is 0.872. The summed E-state index contributed by atoms with van der Waals surface area (Å²) in [4.78, 5) is 18.1. The Kier molecular flexibility index (Phi) is 4.15. The first-order valence-corrected chi connectivity index (χ1v) is 6.27. The zero-order valence-corrected chi connectivity index (χ0v) is 10.5. The molecule has 5 heteroatoms. The molecule has 1 aromatic heterocycles. The summed E-state index contributed by atoms with van der Waals surface area (Å²) in [5, 5.41) is 9.44. The maximum atomic E-state index is 12.3. The van der Waals surface area contributed by atoms with Crippen molar-refractivity contribution in [2.75, 3.05) is 19.7 Å². The molecule has 1 fully saturated rings. The minimum Gasteiger partial charge on any atom is -0.491 e. The molecule has 0 unspecified atom stereocenters. The summed E-state index contributed by atoms with van der Waals surface area (Å²) in [5.74, 6) is 0.405. The number of amides is 1. The van der Waals surface area contributed by atoms with Crippen LogP contribution in [0.5, 0.6) is 5.75 Å². The predicted molar refractivity (Wildman–Crippen MR) is 66.6 cm³/mol. The fraction of sp³-hybridized carbons (Fsp3) is 0.538. The van der Waals surface area contributed by atoms with E-state index >= 15 is 0 Å². The van der Waals surface area contributed by atoms with Crippen LogP contribution in [-0.4, -0.2) is 46.7 Å². The van der Waals surface area contributed by atoms with Gasteiger partial charge in [0.05, 0.1) is 12.7 Å². The van der Waals surface area contributed by atoms with Crippen LogP contribution in [0.3, 0.4) is 0 Å². The van der Waals surface area contributed by atoms with Crippen LogP contribution in [-0.2, 0) is 0 Å². The average Bonchev–Trinajstić information content (AvgIpc) is 2.40. The van der Waals surface area contributed by atoms with E-state index in [2.05, 4.69) is 4.98 Å². The SMILES string of the molecule is CCOc1cccnc1C(=O)N1CCC(O)CC1. The van der Waals surface area contributed by atoms with E-state index in [1.807, 2.05) is 6.92 Å². The van der Waals surface area contributed by atoms with Gasteiger partial charge in [-0.15, -0.1) is 0 Å². The van der Waals surface area contributed by atoms with Gasteiger partial charge in [-0.25, -0.2) is 4.98 Å². The number of aromatic nitrogens is 1. The molecule has 1 N–H and O–H groups in total. The van der Waals surface area contributed by atoms with Gasteiger partial charge in [0.1, 0.15) is 0 Å². The molecule has 0 aliphatic carbocycles. The van der Waals surface area contributed by atoms with Crippen molar-refractivity contribution in [1.29, 1.82) is 0 Å². The summed E-state index contributed by atoms with van der Waals surface area (Å²) >= 11 is 0. The number of likely N-dealkylation sites (tertiary alicyclic amines) is 1. The van der Waals surface area contributed by atoms with E-state index in [0.717, 1.165) is 0 Å². The van der Waals surface area contributed by atoms with E-state index in [-0.39, 0.29) is 12.0 Å². The summed E-state index contributed by atoms with van der Waals surface area (Å²) in [6.07, 6.45) is 2.56. The van der Waals surface area contributed by atoms with Gasteiger partial charge in [-0.05, 0) is 31.9 Å². The minimum absolute atomic E-state index is 0.119. The van der Waals surface area contributed by atoms with E-state index in [1.165, 1.54) is 0 Å². The largest absolute Gasteiger partial charge is 0.491 e. The van der Waals surface area contributed by atoms with E-state index in [9.17, 15) is 9.90 Å². The number of piperidine rings is 1. The third-order valence-corrected chi connectivity index (χ3v) is 3.02. The van der Waals surface area contributed by atoms with Gasteiger partial charge in [-0.1, -0.05) is 0 Å². The second kappa shape index (κ2) is 5.82. The fourth-order valence-electron chi connectivity index (χ4n) is 2.04. The van der Waals surface area contributed by atoms with E-state index in [4.69, 9.17) is 4.74 Å². The molecule has 0 aromatic carbocycles. The summed E-state index contributed by atoms with van der Waals surface area (Å²) in [6.45, 7) is 3.52. The van der Waals surface area contributed by atoms with E-state index < -0.39 is 0 Å². The van der Waals surface area contributed by atoms with Crippen molar-refractivity contribution in [1.82, 2.24) is 9.88 Å². The minimum atomic E-state index is -0.288. The molecule has 0 bridgehead atoms. The number of carbonyl (C=O) groups excluding carboxylic acids is 1. The molecule has 0 saturated carbocycles. The Morgan fingerprint density at radius 3 is 2.94 bits per heavy atom. The lowest BCUT2D eigenvalue weighted by Crippen LogP contribution is -2.40. The molecule has 0 atom stereocenters. The molecule has 1 aliphatic heterocycles. The van der Waals surface area contributed by atoms with Crippen LogP contribution in [0.25, 0.3) is 0 Å². The molecule has 1 amide bonds. The molecule has 1 aliphatic rings. The smallest absolute Gasteiger partial charge is 0.276 e. The first-order chi connectivity index (χ1) is 8.72.